The first-order valence-electron chi connectivity index (χ1n) is 13.0. The molecule has 1 aromatic carbocycles. The van der Waals surface area contributed by atoms with Crippen LogP contribution in [0.25, 0.3) is 11.0 Å². The Morgan fingerprint density at radius 2 is 1.97 bits per heavy atom. The molecule has 0 spiro atoms. The normalized spacial score (nSPS) is 18.6. The van der Waals surface area contributed by atoms with Crippen LogP contribution >= 0.6 is 11.3 Å². The van der Waals surface area contributed by atoms with E-state index >= 15 is 0 Å². The molecule has 38 heavy (non-hydrogen) atoms. The van der Waals surface area contributed by atoms with E-state index in [-0.39, 0.29) is 0 Å². The van der Waals surface area contributed by atoms with E-state index in [2.05, 4.69) is 53.0 Å². The number of anilines is 3. The monoisotopic (exact) mass is 529 g/mol. The van der Waals surface area contributed by atoms with Gasteiger partial charge in [-0.2, -0.15) is 0 Å². The summed E-state index contributed by atoms with van der Waals surface area (Å²) in [5.74, 6) is 6.90. The fourth-order valence-electron chi connectivity index (χ4n) is 5.21. The van der Waals surface area contributed by atoms with Crippen LogP contribution in [0.4, 0.5) is 17.2 Å². The second-order valence-electron chi connectivity index (χ2n) is 9.85. The SMILES string of the molecule is CC(O)(C#Cc1ccc(N2CCC(N3CCOCC3)CC2)c(Nc2ncnc3[nH]ccc23)c1)c1nccs1. The molecule has 1 unspecified atom stereocenters. The highest BCUT2D eigenvalue weighted by Gasteiger charge is 2.27. The van der Waals surface area contributed by atoms with E-state index in [0.29, 0.717) is 11.0 Å². The maximum absolute atomic E-state index is 10.8. The fraction of sp³-hybridized carbons (Fsp3) is 0.393. The van der Waals surface area contributed by atoms with Gasteiger partial charge in [-0.3, -0.25) is 4.90 Å². The van der Waals surface area contributed by atoms with Crippen molar-refractivity contribution in [2.75, 3.05) is 49.6 Å². The van der Waals surface area contributed by atoms with Crippen molar-refractivity contribution in [1.82, 2.24) is 24.8 Å². The Bertz CT molecular complexity index is 1440. The molecule has 10 heteroatoms. The van der Waals surface area contributed by atoms with E-state index in [1.54, 1.807) is 19.4 Å². The molecule has 0 bridgehead atoms. The molecule has 3 N–H and O–H groups in total. The molecule has 6 rings (SSSR count). The van der Waals surface area contributed by atoms with Gasteiger partial charge in [0.15, 0.2) is 5.60 Å². The number of piperidine rings is 1. The Morgan fingerprint density at radius 1 is 1.13 bits per heavy atom. The van der Waals surface area contributed by atoms with Gasteiger partial charge in [0, 0.05) is 55.6 Å². The largest absolute Gasteiger partial charge is 0.379 e. The number of thiazole rings is 1. The third-order valence-electron chi connectivity index (χ3n) is 7.27. The first-order valence-corrected chi connectivity index (χ1v) is 13.9. The Balaban J connectivity index is 1.29. The van der Waals surface area contributed by atoms with Gasteiger partial charge in [0.25, 0.3) is 0 Å². The number of aliphatic hydroxyl groups is 1. The summed E-state index contributed by atoms with van der Waals surface area (Å²) in [6, 6.07) is 8.75. The average molecular weight is 530 g/mol. The van der Waals surface area contributed by atoms with Gasteiger partial charge < -0.3 is 25.0 Å². The highest BCUT2D eigenvalue weighted by atomic mass is 32.1. The third-order valence-corrected chi connectivity index (χ3v) is 8.25. The second-order valence-corrected chi connectivity index (χ2v) is 10.7. The molecule has 5 heterocycles. The summed E-state index contributed by atoms with van der Waals surface area (Å²) in [7, 11) is 0. The lowest BCUT2D eigenvalue weighted by molar-refractivity contribution is 0.0115. The summed E-state index contributed by atoms with van der Waals surface area (Å²) < 4.78 is 5.55. The second kappa shape index (κ2) is 10.7. The summed E-state index contributed by atoms with van der Waals surface area (Å²) in [6.07, 6.45) is 7.34. The zero-order valence-corrected chi connectivity index (χ0v) is 22.2. The number of aromatic nitrogens is 4. The van der Waals surface area contributed by atoms with E-state index < -0.39 is 5.60 Å². The minimum Gasteiger partial charge on any atom is -0.379 e. The van der Waals surface area contributed by atoms with E-state index in [0.717, 1.165) is 86.0 Å². The van der Waals surface area contributed by atoms with Crippen LogP contribution in [0, 0.1) is 11.8 Å². The van der Waals surface area contributed by atoms with Gasteiger partial charge in [-0.1, -0.05) is 11.8 Å². The molecular weight excluding hydrogens is 498 g/mol. The number of aromatic amines is 1. The summed E-state index contributed by atoms with van der Waals surface area (Å²) in [5.41, 5.74) is 2.31. The number of benzene rings is 1. The smallest absolute Gasteiger partial charge is 0.174 e. The maximum Gasteiger partial charge on any atom is 0.174 e. The van der Waals surface area contributed by atoms with E-state index in [1.165, 1.54) is 11.3 Å². The van der Waals surface area contributed by atoms with Crippen LogP contribution in [0.2, 0.25) is 0 Å². The minimum absolute atomic E-state index is 0.582. The fourth-order valence-corrected chi connectivity index (χ4v) is 5.87. The summed E-state index contributed by atoms with van der Waals surface area (Å²) in [4.78, 5) is 21.2. The molecule has 2 aliphatic rings. The number of fused-ring (bicyclic) bond motifs is 1. The van der Waals surface area contributed by atoms with Gasteiger partial charge in [0.05, 0.1) is 30.0 Å². The van der Waals surface area contributed by atoms with E-state index in [4.69, 9.17) is 4.74 Å². The van der Waals surface area contributed by atoms with Gasteiger partial charge >= 0.3 is 0 Å². The summed E-state index contributed by atoms with van der Waals surface area (Å²) in [5, 5.41) is 17.7. The molecule has 3 aromatic heterocycles. The van der Waals surface area contributed by atoms with Gasteiger partial charge in [0.2, 0.25) is 0 Å². The lowest BCUT2D eigenvalue weighted by Gasteiger charge is -2.41. The van der Waals surface area contributed by atoms with Gasteiger partial charge in [-0.25, -0.2) is 15.0 Å². The molecule has 0 aliphatic carbocycles. The lowest BCUT2D eigenvalue weighted by Crippen LogP contribution is -2.49. The van der Waals surface area contributed by atoms with Gasteiger partial charge in [-0.05, 0) is 44.0 Å². The number of H-pyrrole nitrogens is 1. The van der Waals surface area contributed by atoms with Crippen molar-refractivity contribution in [2.24, 2.45) is 0 Å². The third kappa shape index (κ3) is 5.24. The molecule has 0 saturated carbocycles. The van der Waals surface area contributed by atoms with Crippen molar-refractivity contribution in [3.05, 3.63) is 58.9 Å². The maximum atomic E-state index is 10.8. The van der Waals surface area contributed by atoms with Gasteiger partial charge in [-0.15, -0.1) is 11.3 Å². The number of nitrogens with zero attached hydrogens (tertiary/aromatic N) is 5. The lowest BCUT2D eigenvalue weighted by atomic mass is 10.0. The first-order chi connectivity index (χ1) is 18.6. The predicted molar refractivity (Wildman–Crippen MR) is 150 cm³/mol. The number of rotatable bonds is 5. The first kappa shape index (κ1) is 24.8. The molecular formula is C28H31N7O2S. The minimum atomic E-state index is -1.31. The van der Waals surface area contributed by atoms with Crippen LogP contribution in [0.15, 0.2) is 48.4 Å². The number of nitrogens with one attached hydrogen (secondary N) is 2. The molecule has 9 nitrogen and oxygen atoms in total. The highest BCUT2D eigenvalue weighted by molar-refractivity contribution is 7.09. The summed E-state index contributed by atoms with van der Waals surface area (Å²) in [6.45, 7) is 7.34. The van der Waals surface area contributed by atoms with Crippen molar-refractivity contribution < 1.29 is 9.84 Å². The van der Waals surface area contributed by atoms with Crippen molar-refractivity contribution in [1.29, 1.82) is 0 Å². The van der Waals surface area contributed by atoms with Crippen LogP contribution in [0.1, 0.15) is 30.3 Å². The highest BCUT2D eigenvalue weighted by Crippen LogP contribution is 2.34. The van der Waals surface area contributed by atoms with Crippen molar-refractivity contribution >= 4 is 39.6 Å². The Kier molecular flexibility index (Phi) is 7.00. The number of hydrogen-bond acceptors (Lipinski definition) is 9. The Labute approximate surface area is 225 Å². The van der Waals surface area contributed by atoms with Crippen molar-refractivity contribution in [3.63, 3.8) is 0 Å². The zero-order valence-electron chi connectivity index (χ0n) is 21.4. The number of morpholine rings is 1. The van der Waals surface area contributed by atoms with Crippen LogP contribution in [-0.4, -0.2) is 75.4 Å². The Morgan fingerprint density at radius 3 is 2.76 bits per heavy atom. The quantitative estimate of drug-likeness (QED) is 0.336. The molecule has 4 aromatic rings. The van der Waals surface area contributed by atoms with E-state index in [1.807, 2.05) is 29.8 Å². The topological polar surface area (TPSA) is 102 Å². The Hall–Kier alpha value is -3.49. The number of hydrogen-bond donors (Lipinski definition) is 3. The van der Waals surface area contributed by atoms with Crippen LogP contribution in [0.3, 0.4) is 0 Å². The molecule has 0 amide bonds. The van der Waals surface area contributed by atoms with Crippen molar-refractivity contribution in [2.45, 2.75) is 31.4 Å². The molecule has 2 fully saturated rings. The van der Waals surface area contributed by atoms with Crippen LogP contribution < -0.4 is 10.2 Å². The standard InChI is InChI=1S/C28H31N7O2S/c1-28(36,27-30-10-17-38-27)8-4-20-2-3-24(35-11-6-21(7-12-35)34-13-15-37-16-14-34)23(18-20)33-26-22-5-9-29-25(22)31-19-32-26/h2-3,5,9-10,17-19,21,36H,6-7,11-16H2,1H3,(H2,29,31,32,33). The molecule has 2 saturated heterocycles. The molecule has 0 radical (unpaired) electrons. The predicted octanol–water partition coefficient (Wildman–Crippen LogP) is 3.72. The molecule has 2 aliphatic heterocycles. The van der Waals surface area contributed by atoms with Crippen LogP contribution in [-0.2, 0) is 10.3 Å². The van der Waals surface area contributed by atoms with Gasteiger partial charge in [0.1, 0.15) is 22.8 Å². The van der Waals surface area contributed by atoms with Crippen molar-refractivity contribution in [3.8, 4) is 11.8 Å². The van der Waals surface area contributed by atoms with Crippen LogP contribution in [0.5, 0.6) is 0 Å². The van der Waals surface area contributed by atoms with E-state index in [9.17, 15) is 5.11 Å². The molecule has 1 atom stereocenters. The number of ether oxygens (including phenoxy) is 1. The molecule has 196 valence electrons. The average Bonchev–Trinajstić information content (AvgIpc) is 3.67. The summed E-state index contributed by atoms with van der Waals surface area (Å²) >= 11 is 1.39. The zero-order chi connectivity index (χ0) is 26.0.